The minimum atomic E-state index is -3.24. The highest BCUT2D eigenvalue weighted by atomic mass is 32.2. The molecule has 1 fully saturated rings. The lowest BCUT2D eigenvalue weighted by Gasteiger charge is -2.22. The zero-order valence-electron chi connectivity index (χ0n) is 13.6. The van der Waals surface area contributed by atoms with Crippen LogP contribution < -0.4 is 0 Å². The van der Waals surface area contributed by atoms with E-state index >= 15 is 0 Å². The second-order valence-electron chi connectivity index (χ2n) is 6.77. The van der Waals surface area contributed by atoms with Crippen molar-refractivity contribution in [1.29, 1.82) is 0 Å². The maximum atomic E-state index is 11.6. The molecule has 1 N–H and O–H groups in total. The highest BCUT2D eigenvalue weighted by Gasteiger charge is 2.42. The van der Waals surface area contributed by atoms with Crippen molar-refractivity contribution in [3.8, 4) is 0 Å². The van der Waals surface area contributed by atoms with Crippen LogP contribution in [0.2, 0.25) is 0 Å². The summed E-state index contributed by atoms with van der Waals surface area (Å²) in [7, 11) is -3.24. The van der Waals surface area contributed by atoms with E-state index in [0.717, 1.165) is 24.0 Å². The number of ether oxygens (including phenoxy) is 2. The van der Waals surface area contributed by atoms with Gasteiger partial charge in [-0.2, -0.15) is 0 Å². The number of benzene rings is 1. The Labute approximate surface area is 136 Å². The molecule has 1 unspecified atom stereocenters. The molecule has 0 bridgehead atoms. The normalized spacial score (nSPS) is 24.1. The molecule has 1 aromatic carbocycles. The van der Waals surface area contributed by atoms with Crippen LogP contribution in [0.5, 0.6) is 0 Å². The van der Waals surface area contributed by atoms with Gasteiger partial charge in [-0.3, -0.25) is 0 Å². The van der Waals surface area contributed by atoms with Gasteiger partial charge in [-0.25, -0.2) is 8.42 Å². The average molecular weight is 338 g/mol. The molecule has 5 nitrogen and oxygen atoms in total. The molecule has 0 aromatic heterocycles. The molecule has 0 spiro atoms. The van der Waals surface area contributed by atoms with Crippen LogP contribution in [0.15, 0.2) is 34.9 Å². The average Bonchev–Trinajstić information content (AvgIpc) is 3.22. The van der Waals surface area contributed by atoms with Crippen LogP contribution in [0, 0.1) is 5.92 Å². The van der Waals surface area contributed by atoms with Crippen molar-refractivity contribution < 1.29 is 23.0 Å². The molecule has 126 valence electrons. The van der Waals surface area contributed by atoms with E-state index in [1.807, 2.05) is 13.8 Å². The van der Waals surface area contributed by atoms with Crippen LogP contribution in [-0.4, -0.2) is 38.3 Å². The molecule has 0 radical (unpaired) electrons. The minimum absolute atomic E-state index is 0.263. The van der Waals surface area contributed by atoms with Gasteiger partial charge in [-0.1, -0.05) is 12.1 Å². The second-order valence-corrected chi connectivity index (χ2v) is 8.79. The minimum Gasteiger partial charge on any atom is -0.492 e. The second kappa shape index (κ2) is 5.61. The van der Waals surface area contributed by atoms with E-state index < -0.39 is 21.7 Å². The summed E-state index contributed by atoms with van der Waals surface area (Å²) in [6, 6.07) is 6.60. The maximum absolute atomic E-state index is 11.6. The Balaban J connectivity index is 1.97. The molecular weight excluding hydrogens is 316 g/mol. The Morgan fingerprint density at radius 1 is 1.26 bits per heavy atom. The van der Waals surface area contributed by atoms with Crippen molar-refractivity contribution in [1.82, 2.24) is 0 Å². The first-order valence-electron chi connectivity index (χ1n) is 7.72. The molecular formula is C17H22O5S. The highest BCUT2D eigenvalue weighted by Crippen LogP contribution is 2.43. The van der Waals surface area contributed by atoms with Crippen molar-refractivity contribution in [3.63, 3.8) is 0 Å². The molecule has 3 rings (SSSR count). The van der Waals surface area contributed by atoms with Crippen molar-refractivity contribution in [2.75, 3.05) is 12.9 Å². The van der Waals surface area contributed by atoms with E-state index in [1.165, 1.54) is 6.26 Å². The lowest BCUT2D eigenvalue weighted by Crippen LogP contribution is -2.24. The van der Waals surface area contributed by atoms with Crippen LogP contribution in [0.25, 0.3) is 5.57 Å². The summed E-state index contributed by atoms with van der Waals surface area (Å²) < 4.78 is 34.6. The Bertz CT molecular complexity index is 727. The van der Waals surface area contributed by atoms with Crippen LogP contribution in [0.1, 0.15) is 32.3 Å². The van der Waals surface area contributed by atoms with E-state index in [2.05, 4.69) is 0 Å². The number of aliphatic hydroxyl groups is 1. The van der Waals surface area contributed by atoms with Crippen LogP contribution >= 0.6 is 0 Å². The Morgan fingerprint density at radius 3 is 2.39 bits per heavy atom. The number of hydrogen-bond donors (Lipinski definition) is 1. The fraction of sp³-hybridized carbons (Fsp3) is 0.529. The van der Waals surface area contributed by atoms with Gasteiger partial charge >= 0.3 is 0 Å². The Morgan fingerprint density at radius 2 is 1.87 bits per heavy atom. The van der Waals surface area contributed by atoms with Gasteiger partial charge in [0, 0.05) is 11.8 Å². The van der Waals surface area contributed by atoms with Crippen LogP contribution in [0.3, 0.4) is 0 Å². The third kappa shape index (κ3) is 3.44. The number of rotatable bonds is 5. The topological polar surface area (TPSA) is 72.8 Å². The zero-order valence-corrected chi connectivity index (χ0v) is 14.4. The number of hydrogen-bond acceptors (Lipinski definition) is 5. The standard InChI is InChI=1S/C17H22O5S/c1-17(2)14(12-6-8-13(9-7-12)23(3,19)20)15(16(18)22-17)21-10-11-4-5-11/h6-9,11,16,18H,4-5,10H2,1-3H3. The third-order valence-electron chi connectivity index (χ3n) is 4.22. The SMILES string of the molecule is CC1(C)OC(O)C(OCC2CC2)=C1c1ccc(S(C)(=O)=O)cc1. The summed E-state index contributed by atoms with van der Waals surface area (Å²) in [5.41, 5.74) is 0.862. The lowest BCUT2D eigenvalue weighted by atomic mass is 9.92. The first kappa shape index (κ1) is 16.5. The largest absolute Gasteiger partial charge is 0.492 e. The van der Waals surface area contributed by atoms with Crippen molar-refractivity contribution >= 4 is 15.4 Å². The quantitative estimate of drug-likeness (QED) is 0.892. The van der Waals surface area contributed by atoms with E-state index in [0.29, 0.717) is 18.3 Å². The predicted octanol–water partition coefficient (Wildman–Crippen LogP) is 2.36. The summed E-state index contributed by atoms with van der Waals surface area (Å²) in [5, 5.41) is 10.2. The third-order valence-corrected chi connectivity index (χ3v) is 5.35. The van der Waals surface area contributed by atoms with Crippen molar-refractivity contribution in [2.24, 2.45) is 5.92 Å². The molecule has 0 saturated heterocycles. The van der Waals surface area contributed by atoms with Crippen LogP contribution in [0.4, 0.5) is 0 Å². The summed E-state index contributed by atoms with van der Waals surface area (Å²) >= 11 is 0. The molecule has 1 saturated carbocycles. The molecule has 0 amide bonds. The van der Waals surface area contributed by atoms with Gasteiger partial charge < -0.3 is 14.6 Å². The van der Waals surface area contributed by atoms with Gasteiger partial charge in [0.2, 0.25) is 6.29 Å². The zero-order chi connectivity index (χ0) is 16.8. The molecule has 1 aliphatic heterocycles. The van der Waals surface area contributed by atoms with Gasteiger partial charge in [0.25, 0.3) is 0 Å². The summed E-state index contributed by atoms with van der Waals surface area (Å²) in [6.45, 7) is 4.31. The van der Waals surface area contributed by atoms with Crippen molar-refractivity contribution in [3.05, 3.63) is 35.6 Å². The molecule has 1 aliphatic carbocycles. The lowest BCUT2D eigenvalue weighted by molar-refractivity contribution is -0.128. The van der Waals surface area contributed by atoms with Gasteiger partial charge in [0.05, 0.1) is 17.1 Å². The molecule has 23 heavy (non-hydrogen) atoms. The smallest absolute Gasteiger partial charge is 0.215 e. The molecule has 1 heterocycles. The number of sulfone groups is 1. The molecule has 1 atom stereocenters. The molecule has 6 heteroatoms. The molecule has 2 aliphatic rings. The van der Waals surface area contributed by atoms with E-state index in [9.17, 15) is 13.5 Å². The fourth-order valence-corrected chi connectivity index (χ4v) is 3.44. The summed E-state index contributed by atoms with van der Waals surface area (Å²) in [4.78, 5) is 0.263. The first-order valence-corrected chi connectivity index (χ1v) is 9.61. The maximum Gasteiger partial charge on any atom is 0.215 e. The Kier molecular flexibility index (Phi) is 4.02. The van der Waals surface area contributed by atoms with E-state index in [-0.39, 0.29) is 4.90 Å². The number of aliphatic hydroxyl groups excluding tert-OH is 1. The van der Waals surface area contributed by atoms with Crippen LogP contribution in [-0.2, 0) is 19.3 Å². The van der Waals surface area contributed by atoms with Gasteiger partial charge in [0.1, 0.15) is 0 Å². The van der Waals surface area contributed by atoms with Crippen molar-refractivity contribution in [2.45, 2.75) is 43.5 Å². The molecule has 1 aromatic rings. The van der Waals surface area contributed by atoms with E-state index in [4.69, 9.17) is 9.47 Å². The Hall–Kier alpha value is -1.37. The highest BCUT2D eigenvalue weighted by molar-refractivity contribution is 7.90. The predicted molar refractivity (Wildman–Crippen MR) is 86.3 cm³/mol. The van der Waals surface area contributed by atoms with Gasteiger partial charge in [-0.15, -0.1) is 0 Å². The summed E-state index contributed by atoms with van der Waals surface area (Å²) in [6.07, 6.45) is 2.41. The monoisotopic (exact) mass is 338 g/mol. The first-order chi connectivity index (χ1) is 10.7. The fourth-order valence-electron chi connectivity index (χ4n) is 2.81. The summed E-state index contributed by atoms with van der Waals surface area (Å²) in [5.74, 6) is 1.00. The van der Waals surface area contributed by atoms with Gasteiger partial charge in [-0.05, 0) is 50.3 Å². The van der Waals surface area contributed by atoms with E-state index in [1.54, 1.807) is 24.3 Å². The van der Waals surface area contributed by atoms with Gasteiger partial charge in [0.15, 0.2) is 15.6 Å².